The minimum absolute atomic E-state index is 0.0357. The number of amides is 1. The molecule has 0 saturated carbocycles. The van der Waals surface area contributed by atoms with Gasteiger partial charge in [-0.1, -0.05) is 60.2 Å². The molecule has 2 N–H and O–H groups in total. The molecule has 0 heterocycles. The van der Waals surface area contributed by atoms with Gasteiger partial charge in [-0.25, -0.2) is 0 Å². The molecule has 2 aromatic carbocycles. The molecule has 0 aromatic heterocycles. The van der Waals surface area contributed by atoms with Crippen molar-refractivity contribution in [2.75, 3.05) is 6.54 Å². The zero-order valence-corrected chi connectivity index (χ0v) is 12.3. The lowest BCUT2D eigenvalue weighted by atomic mass is 10.1. The molecule has 0 aliphatic heterocycles. The highest BCUT2D eigenvalue weighted by Gasteiger charge is 2.09. The molecule has 110 valence electrons. The first-order valence-corrected chi connectivity index (χ1v) is 7.20. The standard InChI is InChI=1S/C18H21NO2/c1-14-6-5-7-15(12-14)10-11-18(21)19-13-17(20)16-8-3-2-4-9-16/h2-9,12,17,20H,10-11,13H2,1H3,(H,19,21). The number of aryl methyl sites for hydroxylation is 2. The van der Waals surface area contributed by atoms with Gasteiger partial charge in [-0.3, -0.25) is 4.79 Å². The third-order valence-corrected chi connectivity index (χ3v) is 3.40. The fraction of sp³-hybridized carbons (Fsp3) is 0.278. The number of carbonyl (C=O) groups excluding carboxylic acids is 1. The van der Waals surface area contributed by atoms with Crippen LogP contribution >= 0.6 is 0 Å². The van der Waals surface area contributed by atoms with Crippen molar-refractivity contribution < 1.29 is 9.90 Å². The van der Waals surface area contributed by atoms with Gasteiger partial charge >= 0.3 is 0 Å². The predicted octanol–water partition coefficient (Wildman–Crippen LogP) is 2.78. The summed E-state index contributed by atoms with van der Waals surface area (Å²) >= 11 is 0. The summed E-state index contributed by atoms with van der Waals surface area (Å²) in [5.41, 5.74) is 3.18. The van der Waals surface area contributed by atoms with E-state index < -0.39 is 6.10 Å². The first-order valence-electron chi connectivity index (χ1n) is 7.20. The van der Waals surface area contributed by atoms with Gasteiger partial charge in [-0.05, 0) is 24.5 Å². The fourth-order valence-electron chi connectivity index (χ4n) is 2.22. The van der Waals surface area contributed by atoms with Crippen LogP contribution in [0.4, 0.5) is 0 Å². The number of aliphatic hydroxyl groups is 1. The van der Waals surface area contributed by atoms with E-state index in [1.807, 2.05) is 55.5 Å². The van der Waals surface area contributed by atoms with Crippen molar-refractivity contribution in [2.45, 2.75) is 25.9 Å². The number of hydrogen-bond donors (Lipinski definition) is 2. The molecule has 0 bridgehead atoms. The summed E-state index contributed by atoms with van der Waals surface area (Å²) in [6.07, 6.45) is 0.494. The van der Waals surface area contributed by atoms with Crippen LogP contribution in [0.3, 0.4) is 0 Å². The molecular weight excluding hydrogens is 262 g/mol. The Kier molecular flexibility index (Phi) is 5.52. The third kappa shape index (κ3) is 5.04. The van der Waals surface area contributed by atoms with Crippen LogP contribution in [-0.2, 0) is 11.2 Å². The highest BCUT2D eigenvalue weighted by Crippen LogP contribution is 2.11. The van der Waals surface area contributed by atoms with Crippen molar-refractivity contribution in [3.05, 3.63) is 71.3 Å². The van der Waals surface area contributed by atoms with E-state index in [4.69, 9.17) is 0 Å². The van der Waals surface area contributed by atoms with Gasteiger partial charge in [0, 0.05) is 13.0 Å². The lowest BCUT2D eigenvalue weighted by Gasteiger charge is -2.12. The molecule has 0 fully saturated rings. The van der Waals surface area contributed by atoms with E-state index in [0.29, 0.717) is 6.42 Å². The van der Waals surface area contributed by atoms with Crippen molar-refractivity contribution in [1.82, 2.24) is 5.32 Å². The Morgan fingerprint density at radius 1 is 1.14 bits per heavy atom. The van der Waals surface area contributed by atoms with Crippen LogP contribution < -0.4 is 5.32 Å². The minimum atomic E-state index is -0.658. The third-order valence-electron chi connectivity index (χ3n) is 3.40. The summed E-state index contributed by atoms with van der Waals surface area (Å²) in [4.78, 5) is 11.8. The predicted molar refractivity (Wildman–Crippen MR) is 83.9 cm³/mol. The Morgan fingerprint density at radius 3 is 2.62 bits per heavy atom. The van der Waals surface area contributed by atoms with Crippen LogP contribution in [-0.4, -0.2) is 17.6 Å². The van der Waals surface area contributed by atoms with Crippen molar-refractivity contribution in [3.63, 3.8) is 0 Å². The number of hydrogen-bond acceptors (Lipinski definition) is 2. The largest absolute Gasteiger partial charge is 0.387 e. The SMILES string of the molecule is Cc1cccc(CCC(=O)NCC(O)c2ccccc2)c1. The molecule has 0 aliphatic rings. The summed E-state index contributed by atoms with van der Waals surface area (Å²) in [6, 6.07) is 17.5. The molecule has 1 unspecified atom stereocenters. The molecular formula is C18H21NO2. The molecule has 3 nitrogen and oxygen atoms in total. The van der Waals surface area contributed by atoms with E-state index in [1.54, 1.807) is 0 Å². The molecule has 1 amide bonds. The minimum Gasteiger partial charge on any atom is -0.387 e. The van der Waals surface area contributed by atoms with Gasteiger partial charge in [0.05, 0.1) is 6.10 Å². The average Bonchev–Trinajstić information content (AvgIpc) is 2.51. The van der Waals surface area contributed by atoms with Crippen LogP contribution in [0.1, 0.15) is 29.2 Å². The number of aliphatic hydroxyl groups excluding tert-OH is 1. The molecule has 0 saturated heterocycles. The van der Waals surface area contributed by atoms with E-state index in [-0.39, 0.29) is 12.5 Å². The molecule has 21 heavy (non-hydrogen) atoms. The zero-order chi connectivity index (χ0) is 15.1. The highest BCUT2D eigenvalue weighted by atomic mass is 16.3. The van der Waals surface area contributed by atoms with Crippen molar-refractivity contribution in [3.8, 4) is 0 Å². The van der Waals surface area contributed by atoms with Gasteiger partial charge in [0.15, 0.2) is 0 Å². The number of nitrogens with one attached hydrogen (secondary N) is 1. The topological polar surface area (TPSA) is 49.3 Å². The van der Waals surface area contributed by atoms with Crippen molar-refractivity contribution in [2.24, 2.45) is 0 Å². The highest BCUT2D eigenvalue weighted by molar-refractivity contribution is 5.76. The molecule has 1 atom stereocenters. The summed E-state index contributed by atoms with van der Waals surface area (Å²) in [7, 11) is 0. The van der Waals surface area contributed by atoms with Gasteiger partial charge in [0.2, 0.25) is 5.91 Å². The van der Waals surface area contributed by atoms with E-state index in [0.717, 1.165) is 17.5 Å². The first-order chi connectivity index (χ1) is 10.1. The van der Waals surface area contributed by atoms with Gasteiger partial charge in [-0.2, -0.15) is 0 Å². The normalized spacial score (nSPS) is 11.9. The van der Waals surface area contributed by atoms with Crippen LogP contribution in [0.25, 0.3) is 0 Å². The second-order valence-corrected chi connectivity index (χ2v) is 5.22. The number of rotatable bonds is 6. The Labute approximate surface area is 125 Å². The second kappa shape index (κ2) is 7.60. The Hall–Kier alpha value is -2.13. The van der Waals surface area contributed by atoms with Crippen LogP contribution in [0.2, 0.25) is 0 Å². The van der Waals surface area contributed by atoms with E-state index in [9.17, 15) is 9.90 Å². The maximum absolute atomic E-state index is 11.8. The summed E-state index contributed by atoms with van der Waals surface area (Å²) < 4.78 is 0. The molecule has 3 heteroatoms. The van der Waals surface area contributed by atoms with Gasteiger partial charge < -0.3 is 10.4 Å². The monoisotopic (exact) mass is 283 g/mol. The van der Waals surface area contributed by atoms with Gasteiger partial charge in [-0.15, -0.1) is 0 Å². The van der Waals surface area contributed by atoms with Crippen LogP contribution in [0.15, 0.2) is 54.6 Å². The molecule has 0 radical (unpaired) electrons. The van der Waals surface area contributed by atoms with E-state index in [2.05, 4.69) is 11.4 Å². The van der Waals surface area contributed by atoms with E-state index in [1.165, 1.54) is 5.56 Å². The van der Waals surface area contributed by atoms with Gasteiger partial charge in [0.1, 0.15) is 0 Å². The quantitative estimate of drug-likeness (QED) is 0.856. The zero-order valence-electron chi connectivity index (χ0n) is 12.3. The van der Waals surface area contributed by atoms with Gasteiger partial charge in [0.25, 0.3) is 0 Å². The van der Waals surface area contributed by atoms with E-state index >= 15 is 0 Å². The fourth-order valence-corrected chi connectivity index (χ4v) is 2.22. The summed E-state index contributed by atoms with van der Waals surface area (Å²) in [6.45, 7) is 2.29. The van der Waals surface area contributed by atoms with Crippen molar-refractivity contribution >= 4 is 5.91 Å². The maximum Gasteiger partial charge on any atom is 0.220 e. The second-order valence-electron chi connectivity index (χ2n) is 5.22. The number of benzene rings is 2. The molecule has 0 aliphatic carbocycles. The summed E-state index contributed by atoms with van der Waals surface area (Å²) in [5.74, 6) is -0.0357. The van der Waals surface area contributed by atoms with Crippen molar-refractivity contribution in [1.29, 1.82) is 0 Å². The van der Waals surface area contributed by atoms with Crippen LogP contribution in [0.5, 0.6) is 0 Å². The molecule has 2 rings (SSSR count). The molecule has 2 aromatic rings. The summed E-state index contributed by atoms with van der Waals surface area (Å²) in [5, 5.41) is 12.8. The number of carbonyl (C=O) groups is 1. The maximum atomic E-state index is 11.8. The first kappa shape index (κ1) is 15.3. The molecule has 0 spiro atoms. The average molecular weight is 283 g/mol. The smallest absolute Gasteiger partial charge is 0.220 e. The Balaban J connectivity index is 1.75. The Bertz CT molecular complexity index is 581. The lowest BCUT2D eigenvalue weighted by Crippen LogP contribution is -2.28. The Morgan fingerprint density at radius 2 is 1.90 bits per heavy atom. The van der Waals surface area contributed by atoms with Crippen LogP contribution in [0, 0.1) is 6.92 Å². The lowest BCUT2D eigenvalue weighted by molar-refractivity contribution is -0.121.